The number of amides is 2. The summed E-state index contributed by atoms with van der Waals surface area (Å²) in [5.74, 6) is -0.330. The Balaban J connectivity index is 2.37. The first-order valence-electron chi connectivity index (χ1n) is 5.70. The summed E-state index contributed by atoms with van der Waals surface area (Å²) in [7, 11) is 0. The van der Waals surface area contributed by atoms with Gasteiger partial charge in [0.15, 0.2) is 0 Å². The van der Waals surface area contributed by atoms with Crippen LogP contribution in [0.15, 0.2) is 6.20 Å². The van der Waals surface area contributed by atoms with E-state index < -0.39 is 18.0 Å². The highest BCUT2D eigenvalue weighted by molar-refractivity contribution is 7.98. The van der Waals surface area contributed by atoms with Crippen LogP contribution >= 0.6 is 23.1 Å². The number of thiazole rings is 1. The number of rotatable bonds is 7. The molecule has 0 saturated heterocycles. The average molecular weight is 303 g/mol. The van der Waals surface area contributed by atoms with Gasteiger partial charge in [-0.15, -0.1) is 11.3 Å². The van der Waals surface area contributed by atoms with Crippen LogP contribution in [0.4, 0.5) is 4.79 Å². The third kappa shape index (κ3) is 5.93. The fraction of sp³-hybridized carbons (Fsp3) is 0.545. The molecule has 6 nitrogen and oxygen atoms in total. The van der Waals surface area contributed by atoms with E-state index in [0.717, 1.165) is 9.88 Å². The van der Waals surface area contributed by atoms with Crippen molar-refractivity contribution in [3.05, 3.63) is 16.1 Å². The number of carboxylic acid groups (broad SMARTS) is 1. The molecule has 1 atom stereocenters. The first kappa shape index (κ1) is 15.8. The zero-order chi connectivity index (χ0) is 14.3. The zero-order valence-corrected chi connectivity index (χ0v) is 12.4. The van der Waals surface area contributed by atoms with E-state index in [4.69, 9.17) is 5.11 Å². The fourth-order valence-electron chi connectivity index (χ4n) is 1.36. The Morgan fingerprint density at radius 2 is 2.32 bits per heavy atom. The van der Waals surface area contributed by atoms with Crippen LogP contribution in [0.1, 0.15) is 16.3 Å². The molecule has 0 aliphatic rings. The van der Waals surface area contributed by atoms with Gasteiger partial charge in [-0.1, -0.05) is 0 Å². The second-order valence-corrected chi connectivity index (χ2v) is 6.15. The average Bonchev–Trinajstić information content (AvgIpc) is 2.77. The smallest absolute Gasteiger partial charge is 0.326 e. The van der Waals surface area contributed by atoms with Gasteiger partial charge in [0.1, 0.15) is 6.04 Å². The van der Waals surface area contributed by atoms with Crippen LogP contribution in [-0.2, 0) is 11.3 Å². The van der Waals surface area contributed by atoms with E-state index in [-0.39, 0.29) is 0 Å². The van der Waals surface area contributed by atoms with Gasteiger partial charge in [0.05, 0.1) is 11.6 Å². The van der Waals surface area contributed by atoms with Crippen LogP contribution < -0.4 is 10.6 Å². The fourth-order valence-corrected chi connectivity index (χ4v) is 2.56. The molecule has 1 rings (SSSR count). The summed E-state index contributed by atoms with van der Waals surface area (Å²) >= 11 is 3.04. The molecule has 106 valence electrons. The monoisotopic (exact) mass is 303 g/mol. The number of carbonyl (C=O) groups is 2. The molecule has 0 unspecified atom stereocenters. The van der Waals surface area contributed by atoms with E-state index in [9.17, 15) is 9.59 Å². The molecule has 0 bridgehead atoms. The molecule has 1 aromatic rings. The Hall–Kier alpha value is -1.28. The highest BCUT2D eigenvalue weighted by Gasteiger charge is 2.19. The van der Waals surface area contributed by atoms with Crippen LogP contribution in [0.3, 0.4) is 0 Å². The van der Waals surface area contributed by atoms with E-state index in [2.05, 4.69) is 15.6 Å². The third-order valence-electron chi connectivity index (χ3n) is 2.31. The van der Waals surface area contributed by atoms with E-state index in [0.29, 0.717) is 18.7 Å². The maximum atomic E-state index is 11.6. The minimum absolute atomic E-state index is 0.353. The first-order valence-corrected chi connectivity index (χ1v) is 7.91. The predicted octanol–water partition coefficient (Wildman–Crippen LogP) is 1.46. The summed E-state index contributed by atoms with van der Waals surface area (Å²) in [6.45, 7) is 2.24. The molecule has 19 heavy (non-hydrogen) atoms. The SMILES string of the molecule is CSCC[C@@H](NC(=O)NCc1cnc(C)s1)C(=O)O. The molecule has 0 aliphatic heterocycles. The Bertz CT molecular complexity index is 437. The molecular weight excluding hydrogens is 286 g/mol. The van der Waals surface area contributed by atoms with Gasteiger partial charge in [-0.25, -0.2) is 14.6 Å². The van der Waals surface area contributed by atoms with Crippen molar-refractivity contribution in [1.29, 1.82) is 0 Å². The standard InChI is InChI=1S/C11H17N3O3S2/c1-7-12-5-8(19-7)6-13-11(17)14-9(10(15)16)3-4-18-2/h5,9H,3-4,6H2,1-2H3,(H,15,16)(H2,13,14,17)/t9-/m1/s1. The van der Waals surface area contributed by atoms with Crippen molar-refractivity contribution in [2.45, 2.75) is 25.9 Å². The second kappa shape index (κ2) is 8.00. The Morgan fingerprint density at radius 3 is 2.84 bits per heavy atom. The molecule has 0 saturated carbocycles. The lowest BCUT2D eigenvalue weighted by Crippen LogP contribution is -2.46. The Kier molecular flexibility index (Phi) is 6.65. The van der Waals surface area contributed by atoms with Gasteiger partial charge >= 0.3 is 12.0 Å². The van der Waals surface area contributed by atoms with Crippen molar-refractivity contribution in [1.82, 2.24) is 15.6 Å². The zero-order valence-electron chi connectivity index (χ0n) is 10.8. The maximum absolute atomic E-state index is 11.6. The lowest BCUT2D eigenvalue weighted by molar-refractivity contribution is -0.139. The number of carbonyl (C=O) groups excluding carboxylic acids is 1. The van der Waals surface area contributed by atoms with E-state index in [1.54, 1.807) is 18.0 Å². The number of hydrogen-bond acceptors (Lipinski definition) is 5. The molecule has 1 heterocycles. The first-order chi connectivity index (χ1) is 9.02. The second-order valence-electron chi connectivity index (χ2n) is 3.84. The molecule has 0 spiro atoms. The largest absolute Gasteiger partial charge is 0.480 e. The quantitative estimate of drug-likeness (QED) is 0.709. The third-order valence-corrected chi connectivity index (χ3v) is 3.86. The molecule has 1 aromatic heterocycles. The van der Waals surface area contributed by atoms with Gasteiger partial charge in [-0.05, 0) is 25.4 Å². The lowest BCUT2D eigenvalue weighted by atomic mass is 10.2. The van der Waals surface area contributed by atoms with Gasteiger partial charge in [0.2, 0.25) is 0 Å². The van der Waals surface area contributed by atoms with Gasteiger partial charge in [-0.3, -0.25) is 0 Å². The minimum Gasteiger partial charge on any atom is -0.480 e. The number of thioether (sulfide) groups is 1. The maximum Gasteiger partial charge on any atom is 0.326 e. The lowest BCUT2D eigenvalue weighted by Gasteiger charge is -2.14. The van der Waals surface area contributed by atoms with Crippen LogP contribution in [0.25, 0.3) is 0 Å². The van der Waals surface area contributed by atoms with Crippen molar-refractivity contribution < 1.29 is 14.7 Å². The van der Waals surface area contributed by atoms with E-state index in [1.165, 1.54) is 11.3 Å². The topological polar surface area (TPSA) is 91.3 Å². The number of nitrogens with zero attached hydrogens (tertiary/aromatic N) is 1. The molecule has 0 radical (unpaired) electrons. The predicted molar refractivity (Wildman–Crippen MR) is 76.6 cm³/mol. The van der Waals surface area contributed by atoms with Gasteiger partial charge in [-0.2, -0.15) is 11.8 Å². The normalized spacial score (nSPS) is 11.9. The van der Waals surface area contributed by atoms with Crippen LogP contribution in [0.2, 0.25) is 0 Å². The highest BCUT2D eigenvalue weighted by Crippen LogP contribution is 2.10. The highest BCUT2D eigenvalue weighted by atomic mass is 32.2. The van der Waals surface area contributed by atoms with E-state index in [1.807, 2.05) is 13.2 Å². The van der Waals surface area contributed by atoms with Gasteiger partial charge in [0.25, 0.3) is 0 Å². The van der Waals surface area contributed by atoms with Crippen molar-refractivity contribution in [3.8, 4) is 0 Å². The van der Waals surface area contributed by atoms with Crippen molar-refractivity contribution in [2.24, 2.45) is 0 Å². The summed E-state index contributed by atoms with van der Waals surface area (Å²) in [6.07, 6.45) is 4.00. The number of aryl methyl sites for hydroxylation is 1. The molecular formula is C11H17N3O3S2. The molecule has 2 amide bonds. The summed E-state index contributed by atoms with van der Waals surface area (Å²) in [6, 6.07) is -1.32. The molecule has 0 fully saturated rings. The molecule has 3 N–H and O–H groups in total. The Morgan fingerprint density at radius 1 is 1.58 bits per heavy atom. The van der Waals surface area contributed by atoms with Crippen LogP contribution in [-0.4, -0.2) is 40.1 Å². The minimum atomic E-state index is -1.02. The van der Waals surface area contributed by atoms with Crippen molar-refractivity contribution >= 4 is 35.1 Å². The number of nitrogens with one attached hydrogen (secondary N) is 2. The number of carboxylic acids is 1. The van der Waals surface area contributed by atoms with Gasteiger partial charge < -0.3 is 15.7 Å². The van der Waals surface area contributed by atoms with E-state index >= 15 is 0 Å². The summed E-state index contributed by atoms with van der Waals surface area (Å²) in [5, 5.41) is 15.0. The van der Waals surface area contributed by atoms with Crippen molar-refractivity contribution in [3.63, 3.8) is 0 Å². The summed E-state index contributed by atoms with van der Waals surface area (Å²) < 4.78 is 0. The number of aliphatic carboxylic acids is 1. The van der Waals surface area contributed by atoms with Crippen LogP contribution in [0.5, 0.6) is 0 Å². The number of urea groups is 1. The number of hydrogen-bond donors (Lipinski definition) is 3. The molecule has 0 aromatic carbocycles. The summed E-state index contributed by atoms with van der Waals surface area (Å²) in [4.78, 5) is 27.6. The van der Waals surface area contributed by atoms with Crippen molar-refractivity contribution in [2.75, 3.05) is 12.0 Å². The number of aromatic nitrogens is 1. The molecule has 8 heteroatoms. The molecule has 0 aliphatic carbocycles. The Labute approximate surface area is 120 Å². The summed E-state index contributed by atoms with van der Waals surface area (Å²) in [5.41, 5.74) is 0. The van der Waals surface area contributed by atoms with Gasteiger partial charge in [0, 0.05) is 11.1 Å². The van der Waals surface area contributed by atoms with Crippen LogP contribution in [0, 0.1) is 6.92 Å².